The number of hydrogen-bond donors (Lipinski definition) is 0. The van der Waals surface area contributed by atoms with Crippen molar-refractivity contribution in [2.24, 2.45) is 0 Å². The van der Waals surface area contributed by atoms with E-state index in [2.05, 4.69) is 240 Å². The summed E-state index contributed by atoms with van der Waals surface area (Å²) >= 11 is 0. The molecular formula is C48H48N8. The van der Waals surface area contributed by atoms with E-state index in [1.54, 1.807) is 0 Å². The molecule has 1 fully saturated rings. The molecule has 1 saturated carbocycles. The van der Waals surface area contributed by atoms with Crippen molar-refractivity contribution in [3.05, 3.63) is 196 Å². The monoisotopic (exact) mass is 736 g/mol. The highest BCUT2D eigenvalue weighted by molar-refractivity contribution is 5.61. The van der Waals surface area contributed by atoms with Crippen LogP contribution in [0.5, 0.6) is 0 Å². The predicted octanol–water partition coefficient (Wildman–Crippen LogP) is 9.57. The molecule has 1 aliphatic carbocycles. The van der Waals surface area contributed by atoms with Gasteiger partial charge in [0.05, 0.1) is 0 Å². The third-order valence-corrected chi connectivity index (χ3v) is 11.7. The van der Waals surface area contributed by atoms with Crippen LogP contribution < -0.4 is 19.6 Å². The molecule has 4 aliphatic heterocycles. The van der Waals surface area contributed by atoms with Crippen molar-refractivity contribution in [3.8, 4) is 0 Å². The fourth-order valence-corrected chi connectivity index (χ4v) is 8.52. The molecule has 4 aromatic carbocycles. The smallest absolute Gasteiger partial charge is 0.212 e. The molecule has 9 rings (SSSR count). The molecule has 0 aromatic heterocycles. The molecule has 8 nitrogen and oxygen atoms in total. The molecule has 8 heteroatoms. The van der Waals surface area contributed by atoms with Crippen molar-refractivity contribution in [1.29, 1.82) is 0 Å². The molecule has 0 unspecified atom stereocenters. The van der Waals surface area contributed by atoms with Gasteiger partial charge in [0, 0.05) is 98.5 Å². The van der Waals surface area contributed by atoms with Crippen molar-refractivity contribution in [1.82, 2.24) is 19.6 Å². The Bertz CT molecular complexity index is 1760. The van der Waals surface area contributed by atoms with E-state index in [-0.39, 0.29) is 23.7 Å². The van der Waals surface area contributed by atoms with Crippen LogP contribution in [0.2, 0.25) is 0 Å². The second-order valence-electron chi connectivity index (χ2n) is 14.7. The summed E-state index contributed by atoms with van der Waals surface area (Å²) < 4.78 is 0. The van der Waals surface area contributed by atoms with Gasteiger partial charge in [0.25, 0.3) is 0 Å². The fourth-order valence-electron chi connectivity index (χ4n) is 8.52. The molecule has 8 radical (unpaired) electrons. The topological polar surface area (TPSA) is 25.9 Å². The van der Waals surface area contributed by atoms with E-state index in [0.29, 0.717) is 0 Å². The molecule has 0 bridgehead atoms. The first-order chi connectivity index (χ1) is 27.5. The highest BCUT2D eigenvalue weighted by Gasteiger charge is 2.52. The van der Waals surface area contributed by atoms with Crippen molar-refractivity contribution in [3.63, 3.8) is 0 Å². The number of rotatable bonds is 12. The van der Waals surface area contributed by atoms with E-state index in [1.165, 1.54) is 22.3 Å². The zero-order valence-electron chi connectivity index (χ0n) is 32.6. The average molecular weight is 737 g/mol. The molecular weight excluding hydrogens is 689 g/mol. The second kappa shape index (κ2) is 15.4. The van der Waals surface area contributed by atoms with Crippen LogP contribution in [-0.2, 0) is 0 Å². The zero-order chi connectivity index (χ0) is 38.2. The maximum atomic E-state index is 3.44. The summed E-state index contributed by atoms with van der Waals surface area (Å²) in [6.07, 6.45) is 16.6. The lowest BCUT2D eigenvalue weighted by Gasteiger charge is -2.54. The first kappa shape index (κ1) is 35.9. The number of anilines is 4. The van der Waals surface area contributed by atoms with Crippen LogP contribution in [-0.4, -0.2) is 45.8 Å². The summed E-state index contributed by atoms with van der Waals surface area (Å²) in [6, 6.07) is 36.7. The summed E-state index contributed by atoms with van der Waals surface area (Å²) in [5.74, 6) is 1.01. The Morgan fingerprint density at radius 3 is 0.661 bits per heavy atom. The van der Waals surface area contributed by atoms with Gasteiger partial charge in [-0.15, -0.1) is 0 Å². The maximum Gasteiger partial charge on any atom is 0.212 e. The van der Waals surface area contributed by atoms with Gasteiger partial charge in [-0.25, -0.2) is 0 Å². The quantitative estimate of drug-likeness (QED) is 0.142. The molecule has 5 aliphatic rings. The molecule has 0 amide bonds. The van der Waals surface area contributed by atoms with E-state index in [1.807, 2.05) is 0 Å². The van der Waals surface area contributed by atoms with Crippen LogP contribution in [0.1, 0.15) is 73.6 Å². The summed E-state index contributed by atoms with van der Waals surface area (Å²) in [5.41, 5.74) is 9.82. The molecule has 0 spiro atoms. The molecule has 0 atom stereocenters. The minimum atomic E-state index is 0.252. The Morgan fingerprint density at radius 1 is 0.304 bits per heavy atom. The van der Waals surface area contributed by atoms with E-state index in [0.717, 1.165) is 48.9 Å². The first-order valence-electron chi connectivity index (χ1n) is 19.9. The van der Waals surface area contributed by atoms with Gasteiger partial charge in [0.2, 0.25) is 26.7 Å². The van der Waals surface area contributed by atoms with Crippen molar-refractivity contribution < 1.29 is 0 Å². The van der Waals surface area contributed by atoms with Crippen molar-refractivity contribution in [2.45, 2.75) is 51.4 Å². The van der Waals surface area contributed by atoms with Crippen molar-refractivity contribution >= 4 is 22.7 Å². The first-order valence-corrected chi connectivity index (χ1v) is 19.9. The van der Waals surface area contributed by atoms with Gasteiger partial charge < -0.3 is 39.2 Å². The number of hydrogen-bond acceptors (Lipinski definition) is 8. The third kappa shape index (κ3) is 6.76. The van der Waals surface area contributed by atoms with E-state index >= 15 is 0 Å². The van der Waals surface area contributed by atoms with Crippen LogP contribution in [0.3, 0.4) is 0 Å². The Balaban J connectivity index is 1.09. The van der Waals surface area contributed by atoms with E-state index < -0.39 is 0 Å². The van der Waals surface area contributed by atoms with Crippen LogP contribution in [0.15, 0.2) is 147 Å². The minimum Gasteiger partial charge on any atom is -0.346 e. The highest BCUT2D eigenvalue weighted by Crippen LogP contribution is 2.66. The van der Waals surface area contributed by atoms with Gasteiger partial charge in [0.15, 0.2) is 0 Å². The third-order valence-electron chi connectivity index (χ3n) is 11.7. The van der Waals surface area contributed by atoms with Gasteiger partial charge in [-0.2, -0.15) is 0 Å². The zero-order valence-corrected chi connectivity index (χ0v) is 32.6. The van der Waals surface area contributed by atoms with Gasteiger partial charge >= 0.3 is 0 Å². The van der Waals surface area contributed by atoms with Crippen LogP contribution in [0.25, 0.3) is 0 Å². The molecule has 0 N–H and O–H groups in total. The standard InChI is InChI=1S/C48H48N8/c1-5-49-25-29-53(33-49)41-17-9-37(10-18-41)45-46(38-11-19-42(20-12-38)54-30-26-50(6-2)34-54)48(40-15-23-44(24-16-40)56-32-28-52(8-4)36-56)47(45)39-13-21-43(22-14-39)55-31-27-51(7-3)35-55/h9-32,45-48H,5-8H2,1-4H3. The largest absolute Gasteiger partial charge is 0.346 e. The Kier molecular flexibility index (Phi) is 9.88. The average Bonchev–Trinajstić information content (AvgIpc) is 4.09. The molecule has 4 aromatic rings. The maximum absolute atomic E-state index is 3.44. The number of nitrogens with zero attached hydrogens (tertiary/aromatic N) is 8. The molecule has 280 valence electrons. The highest BCUT2D eigenvalue weighted by atomic mass is 15.4. The van der Waals surface area contributed by atoms with Crippen LogP contribution >= 0.6 is 0 Å². The fraction of sp³-hybridized carbons (Fsp3) is 0.250. The summed E-state index contributed by atoms with van der Waals surface area (Å²) in [6.45, 7) is 25.9. The second-order valence-corrected chi connectivity index (χ2v) is 14.7. The van der Waals surface area contributed by atoms with Crippen molar-refractivity contribution in [2.75, 3.05) is 45.8 Å². The lowest BCUT2D eigenvalue weighted by molar-refractivity contribution is 0.229. The lowest BCUT2D eigenvalue weighted by Crippen LogP contribution is -2.40. The van der Waals surface area contributed by atoms with E-state index in [9.17, 15) is 0 Å². The summed E-state index contributed by atoms with van der Waals surface area (Å²) in [4.78, 5) is 16.6. The van der Waals surface area contributed by atoms with Gasteiger partial charge in [-0.1, -0.05) is 48.5 Å². The Labute approximate surface area is 334 Å². The predicted molar refractivity (Wildman–Crippen MR) is 226 cm³/mol. The molecule has 0 saturated heterocycles. The molecule has 56 heavy (non-hydrogen) atoms. The van der Waals surface area contributed by atoms with E-state index in [4.69, 9.17) is 0 Å². The Morgan fingerprint density at radius 2 is 0.500 bits per heavy atom. The van der Waals surface area contributed by atoms with Crippen LogP contribution in [0.4, 0.5) is 22.7 Å². The summed E-state index contributed by atoms with van der Waals surface area (Å²) in [7, 11) is 0. The Hall–Kier alpha value is -5.76. The minimum absolute atomic E-state index is 0.252. The SMILES string of the molecule is CCN1[C]N(c2ccc(C3C(c4ccc(N5[C]N(CC)C=C5)cc4)C(c4ccc(N5[C]N(CC)C=C5)cc4)C3c3ccc(N4[C]N(CC)C=C4)cc3)cc2)C=C1. The normalized spacial score (nSPS) is 22.8. The van der Waals surface area contributed by atoms with Crippen LogP contribution in [0, 0.1) is 26.7 Å². The lowest BCUT2D eigenvalue weighted by atomic mass is 9.49. The molecule has 4 heterocycles. The number of benzene rings is 4. The van der Waals surface area contributed by atoms with Gasteiger partial charge in [-0.3, -0.25) is 0 Å². The van der Waals surface area contributed by atoms with Gasteiger partial charge in [0.1, 0.15) is 0 Å². The van der Waals surface area contributed by atoms with Gasteiger partial charge in [-0.05, 0) is 122 Å². The summed E-state index contributed by atoms with van der Waals surface area (Å²) in [5, 5.41) is 0.